The lowest BCUT2D eigenvalue weighted by molar-refractivity contribution is -0.145. The van der Waals surface area contributed by atoms with Crippen LogP contribution in [0.5, 0.6) is 0 Å². The average Bonchev–Trinajstić information content (AvgIpc) is 2.19. The van der Waals surface area contributed by atoms with Gasteiger partial charge in [0.1, 0.15) is 6.54 Å². The van der Waals surface area contributed by atoms with Crippen molar-refractivity contribution in [3.63, 3.8) is 0 Å². The Morgan fingerprint density at radius 1 is 1.56 bits per heavy atom. The highest BCUT2D eigenvalue weighted by Gasteiger charge is 2.40. The minimum atomic E-state index is -0.250. The lowest BCUT2D eigenvalue weighted by Gasteiger charge is -2.41. The van der Waals surface area contributed by atoms with Crippen molar-refractivity contribution >= 4 is 5.91 Å². The van der Waals surface area contributed by atoms with Gasteiger partial charge in [-0.25, -0.2) is 0 Å². The van der Waals surface area contributed by atoms with E-state index in [1.54, 1.807) is 12.0 Å². The van der Waals surface area contributed by atoms with E-state index in [-0.39, 0.29) is 24.1 Å². The Morgan fingerprint density at radius 3 is 2.50 bits per heavy atom. The number of nitriles is 1. The van der Waals surface area contributed by atoms with Gasteiger partial charge < -0.3 is 9.64 Å². The van der Waals surface area contributed by atoms with Crippen LogP contribution in [0.4, 0.5) is 0 Å². The van der Waals surface area contributed by atoms with Gasteiger partial charge >= 0.3 is 0 Å². The predicted molar refractivity (Wildman–Crippen MR) is 60.7 cm³/mol. The number of carbonyl (C=O) groups is 1. The molecule has 0 aromatic carbocycles. The van der Waals surface area contributed by atoms with Crippen molar-refractivity contribution < 1.29 is 9.53 Å². The molecule has 0 atom stereocenters. The molecule has 0 heterocycles. The largest absolute Gasteiger partial charge is 0.378 e. The number of methoxy groups -OCH3 is 1. The molecule has 1 aliphatic carbocycles. The van der Waals surface area contributed by atoms with Crippen LogP contribution in [0.3, 0.4) is 0 Å². The first kappa shape index (κ1) is 13.0. The Morgan fingerprint density at radius 2 is 2.19 bits per heavy atom. The van der Waals surface area contributed by atoms with Gasteiger partial charge in [-0.15, -0.1) is 0 Å². The second-order valence-electron chi connectivity index (χ2n) is 4.69. The molecule has 0 aromatic rings. The van der Waals surface area contributed by atoms with E-state index < -0.39 is 0 Å². The molecule has 4 nitrogen and oxygen atoms in total. The smallest absolute Gasteiger partial charge is 0.226 e. The molecule has 0 aliphatic heterocycles. The van der Waals surface area contributed by atoms with Crippen LogP contribution in [0.2, 0.25) is 0 Å². The highest BCUT2D eigenvalue weighted by Crippen LogP contribution is 2.38. The van der Waals surface area contributed by atoms with Crippen LogP contribution in [0.1, 0.15) is 39.5 Å². The van der Waals surface area contributed by atoms with Crippen molar-refractivity contribution in [2.75, 3.05) is 13.7 Å². The van der Waals surface area contributed by atoms with Crippen molar-refractivity contribution in [2.45, 2.75) is 51.2 Å². The SMILES string of the molecule is COC1(CC(=O)N(CC#N)C(C)C)CCC1. The Bertz CT molecular complexity index is 284. The highest BCUT2D eigenvalue weighted by atomic mass is 16.5. The molecular weight excluding hydrogens is 204 g/mol. The van der Waals surface area contributed by atoms with Gasteiger partial charge in [-0.05, 0) is 33.1 Å². The number of rotatable bonds is 5. The van der Waals surface area contributed by atoms with Crippen LogP contribution < -0.4 is 0 Å². The third kappa shape index (κ3) is 2.73. The number of hydrogen-bond acceptors (Lipinski definition) is 3. The number of carbonyl (C=O) groups excluding carboxylic acids is 1. The van der Waals surface area contributed by atoms with Gasteiger partial charge in [0.15, 0.2) is 0 Å². The van der Waals surface area contributed by atoms with Crippen molar-refractivity contribution in [3.8, 4) is 6.07 Å². The molecule has 0 aromatic heterocycles. The van der Waals surface area contributed by atoms with Gasteiger partial charge in [0, 0.05) is 13.2 Å². The minimum Gasteiger partial charge on any atom is -0.378 e. The van der Waals surface area contributed by atoms with Crippen molar-refractivity contribution in [1.82, 2.24) is 4.90 Å². The maximum absolute atomic E-state index is 12.0. The second-order valence-corrected chi connectivity index (χ2v) is 4.69. The molecule has 0 spiro atoms. The van der Waals surface area contributed by atoms with Crippen LogP contribution in [0, 0.1) is 11.3 Å². The summed E-state index contributed by atoms with van der Waals surface area (Å²) in [5.41, 5.74) is -0.250. The fourth-order valence-corrected chi connectivity index (χ4v) is 2.04. The zero-order chi connectivity index (χ0) is 12.2. The molecule has 1 amide bonds. The van der Waals surface area contributed by atoms with Gasteiger partial charge in [0.25, 0.3) is 0 Å². The Kier molecular flexibility index (Phi) is 4.31. The zero-order valence-corrected chi connectivity index (χ0v) is 10.3. The molecule has 0 unspecified atom stereocenters. The summed E-state index contributed by atoms with van der Waals surface area (Å²) in [7, 11) is 1.66. The molecule has 1 fully saturated rings. The normalized spacial score (nSPS) is 17.7. The first-order valence-corrected chi connectivity index (χ1v) is 5.76. The molecule has 0 radical (unpaired) electrons. The van der Waals surface area contributed by atoms with E-state index >= 15 is 0 Å². The van der Waals surface area contributed by atoms with Crippen LogP contribution >= 0.6 is 0 Å². The molecule has 4 heteroatoms. The Labute approximate surface area is 97.2 Å². The monoisotopic (exact) mass is 224 g/mol. The summed E-state index contributed by atoms with van der Waals surface area (Å²) in [6, 6.07) is 2.10. The standard InChI is InChI=1S/C12H20N2O2/c1-10(2)14(8-7-13)11(15)9-12(16-3)5-4-6-12/h10H,4-6,8-9H2,1-3H3. The fraction of sp³-hybridized carbons (Fsp3) is 0.833. The van der Waals surface area contributed by atoms with E-state index in [2.05, 4.69) is 0 Å². The topological polar surface area (TPSA) is 53.3 Å². The van der Waals surface area contributed by atoms with Gasteiger partial charge in [-0.3, -0.25) is 4.79 Å². The molecule has 16 heavy (non-hydrogen) atoms. The summed E-state index contributed by atoms with van der Waals surface area (Å²) in [5.74, 6) is 0.0260. The van der Waals surface area contributed by atoms with Gasteiger partial charge in [-0.2, -0.15) is 5.26 Å². The number of nitrogens with zero attached hydrogens (tertiary/aromatic N) is 2. The first-order chi connectivity index (χ1) is 7.54. The van der Waals surface area contributed by atoms with Crippen molar-refractivity contribution in [1.29, 1.82) is 5.26 Å². The average molecular weight is 224 g/mol. The third-order valence-corrected chi connectivity index (χ3v) is 3.36. The molecule has 0 N–H and O–H groups in total. The molecule has 1 rings (SSSR count). The lowest BCUT2D eigenvalue weighted by Crippen LogP contribution is -2.47. The maximum atomic E-state index is 12.0. The summed E-state index contributed by atoms with van der Waals surface area (Å²) >= 11 is 0. The van der Waals surface area contributed by atoms with Crippen LogP contribution in [-0.2, 0) is 9.53 Å². The predicted octanol–water partition coefficient (Wildman–Crippen LogP) is 1.71. The highest BCUT2D eigenvalue weighted by molar-refractivity contribution is 5.78. The second kappa shape index (κ2) is 5.31. The number of ether oxygens (including phenoxy) is 1. The molecule has 1 aliphatic rings. The van der Waals surface area contributed by atoms with E-state index in [9.17, 15) is 4.79 Å². The number of hydrogen-bond donors (Lipinski definition) is 0. The molecule has 1 saturated carbocycles. The molecule has 0 bridgehead atoms. The Balaban J connectivity index is 2.58. The molecule has 90 valence electrons. The van der Waals surface area contributed by atoms with Gasteiger partial charge in [0.2, 0.25) is 5.91 Å². The minimum absolute atomic E-state index is 0.0260. The summed E-state index contributed by atoms with van der Waals surface area (Å²) in [6.45, 7) is 4.02. The van der Waals surface area contributed by atoms with Crippen molar-refractivity contribution in [3.05, 3.63) is 0 Å². The maximum Gasteiger partial charge on any atom is 0.226 e. The summed E-state index contributed by atoms with van der Waals surface area (Å²) in [6.07, 6.45) is 3.44. The third-order valence-electron chi connectivity index (χ3n) is 3.36. The van der Waals surface area contributed by atoms with Crippen LogP contribution in [0.25, 0.3) is 0 Å². The van der Waals surface area contributed by atoms with Gasteiger partial charge in [0.05, 0.1) is 18.1 Å². The fourth-order valence-electron chi connectivity index (χ4n) is 2.04. The summed E-state index contributed by atoms with van der Waals surface area (Å²) in [4.78, 5) is 13.6. The summed E-state index contributed by atoms with van der Waals surface area (Å²) < 4.78 is 5.42. The van der Waals surface area contributed by atoms with E-state index in [1.807, 2.05) is 19.9 Å². The first-order valence-electron chi connectivity index (χ1n) is 5.76. The Hall–Kier alpha value is -1.08. The zero-order valence-electron chi connectivity index (χ0n) is 10.3. The number of amides is 1. The van der Waals surface area contributed by atoms with Crippen molar-refractivity contribution in [2.24, 2.45) is 0 Å². The quantitative estimate of drug-likeness (QED) is 0.668. The lowest BCUT2D eigenvalue weighted by atomic mass is 9.77. The van der Waals surface area contributed by atoms with Gasteiger partial charge in [-0.1, -0.05) is 0 Å². The van der Waals surface area contributed by atoms with E-state index in [0.29, 0.717) is 6.42 Å². The molecular formula is C12H20N2O2. The summed E-state index contributed by atoms with van der Waals surface area (Å²) in [5, 5.41) is 8.69. The van der Waals surface area contributed by atoms with E-state index in [0.717, 1.165) is 19.3 Å². The van der Waals surface area contributed by atoms with Crippen LogP contribution in [-0.4, -0.2) is 36.1 Å². The van der Waals surface area contributed by atoms with Crippen LogP contribution in [0.15, 0.2) is 0 Å². The molecule has 0 saturated heterocycles. The van der Waals surface area contributed by atoms with E-state index in [4.69, 9.17) is 10.00 Å². The van der Waals surface area contributed by atoms with E-state index in [1.165, 1.54) is 0 Å².